The number of nitrogens with two attached hydrogens (primary N) is 1. The van der Waals surface area contributed by atoms with E-state index in [2.05, 4.69) is 0 Å². The topological polar surface area (TPSA) is 62.9 Å². The van der Waals surface area contributed by atoms with Gasteiger partial charge in [-0.1, -0.05) is 72.8 Å². The van der Waals surface area contributed by atoms with Gasteiger partial charge < -0.3 is 24.7 Å². The minimum Gasteiger partial charge on any atom is -0.493 e. The molecule has 2 N–H and O–H groups in total. The van der Waals surface area contributed by atoms with Crippen molar-refractivity contribution in [3.63, 3.8) is 0 Å². The lowest BCUT2D eigenvalue weighted by molar-refractivity contribution is 0.283. The van der Waals surface area contributed by atoms with Crippen LogP contribution in [0, 0.1) is 0 Å². The Morgan fingerprint density at radius 2 is 1.14 bits per heavy atom. The van der Waals surface area contributed by atoms with E-state index in [1.165, 1.54) is 0 Å². The van der Waals surface area contributed by atoms with Gasteiger partial charge in [0.25, 0.3) is 0 Å². The van der Waals surface area contributed by atoms with Crippen LogP contribution < -0.4 is 24.7 Å². The summed E-state index contributed by atoms with van der Waals surface area (Å²) < 4.78 is 31.9. The molecule has 0 saturated carbocycles. The fourth-order valence-corrected chi connectivity index (χ4v) is 3.70. The first-order valence-electron chi connectivity index (χ1n) is 12.0. The molecule has 0 aliphatic carbocycles. The summed E-state index contributed by atoms with van der Waals surface area (Å²) in [6.07, 6.45) is -0.731. The zero-order valence-corrected chi connectivity index (χ0v) is 21.2. The number of benzene rings is 4. The first-order chi connectivity index (χ1) is 17.6. The van der Waals surface area contributed by atoms with Crippen LogP contribution in [0.1, 0.15) is 29.7 Å². The summed E-state index contributed by atoms with van der Waals surface area (Å²) in [5.74, 6) is 2.38. The Balaban J connectivity index is 0.00000380. The van der Waals surface area contributed by atoms with Crippen molar-refractivity contribution in [1.82, 2.24) is 0 Å². The van der Waals surface area contributed by atoms with Crippen molar-refractivity contribution < 1.29 is 20.3 Å². The van der Waals surface area contributed by atoms with Crippen molar-refractivity contribution in [2.75, 3.05) is 14.2 Å². The first kappa shape index (κ1) is 25.4. The van der Waals surface area contributed by atoms with E-state index in [4.69, 9.17) is 26.1 Å². The Morgan fingerprint density at radius 1 is 0.639 bits per heavy atom. The Morgan fingerprint density at radius 3 is 1.67 bits per heavy atom. The molecule has 2 atom stereocenters. The summed E-state index contributed by atoms with van der Waals surface area (Å²) in [5.41, 5.74) is 10.2. The monoisotopic (exact) mass is 506 g/mol. The van der Waals surface area contributed by atoms with Crippen LogP contribution in [0.2, 0.25) is 0 Å². The lowest BCUT2D eigenvalue weighted by atomic mass is 9.99. The first-order valence-corrected chi connectivity index (χ1v) is 11.5. The van der Waals surface area contributed by atoms with Gasteiger partial charge in [0.1, 0.15) is 13.2 Å². The molecule has 5 nitrogen and oxygen atoms in total. The van der Waals surface area contributed by atoms with E-state index in [9.17, 15) is 0 Å². The van der Waals surface area contributed by atoms with E-state index in [0.717, 1.165) is 22.3 Å². The maximum Gasteiger partial charge on any atom is 0.161 e. The summed E-state index contributed by atoms with van der Waals surface area (Å²) >= 11 is 0. The molecule has 188 valence electrons. The average molecular weight is 507 g/mol. The van der Waals surface area contributed by atoms with Crippen LogP contribution in [0.15, 0.2) is 97.1 Å². The molecular formula is C30H32ClNO4. The molecule has 0 bridgehead atoms. The molecule has 4 aromatic carbocycles. The molecule has 0 aliphatic rings. The zero-order valence-electron chi connectivity index (χ0n) is 21.4. The van der Waals surface area contributed by atoms with Gasteiger partial charge in [-0.3, -0.25) is 0 Å². The average Bonchev–Trinajstić information content (AvgIpc) is 2.95. The molecule has 4 aromatic rings. The maximum atomic E-state index is 8.89. The van der Waals surface area contributed by atoms with Crippen LogP contribution in [0.25, 0.3) is 0 Å². The van der Waals surface area contributed by atoms with E-state index in [-0.39, 0.29) is 12.4 Å². The smallest absolute Gasteiger partial charge is 0.161 e. The van der Waals surface area contributed by atoms with Crippen molar-refractivity contribution in [1.29, 1.82) is 0 Å². The van der Waals surface area contributed by atoms with Crippen LogP contribution in [0.3, 0.4) is 0 Å². The van der Waals surface area contributed by atoms with Crippen LogP contribution in [0.5, 0.6) is 23.0 Å². The quantitative estimate of drug-likeness (QED) is 0.251. The van der Waals surface area contributed by atoms with Crippen molar-refractivity contribution in [2.45, 2.75) is 25.7 Å². The zero-order chi connectivity index (χ0) is 25.3. The standard InChI is InChI=1S/C30H31NO4.ClH/c1-32-27-15-13-24(18-29(27)34-20-22-9-5-3-6-10-22)17-26(31)25-14-16-28(33-2)30(19-25)35-21-23-11-7-4-8-12-23;/h3-16,18-19,26H,17,20-21,31H2,1-2H3;1H/i17D;/t17-,26?;/m0./s1. The van der Waals surface area contributed by atoms with Crippen molar-refractivity contribution >= 4 is 12.4 Å². The van der Waals surface area contributed by atoms with Gasteiger partial charge in [-0.05, 0) is 52.9 Å². The lowest BCUT2D eigenvalue weighted by Gasteiger charge is -2.17. The van der Waals surface area contributed by atoms with Crippen LogP contribution in [-0.4, -0.2) is 14.2 Å². The normalized spacial score (nSPS) is 12.5. The predicted octanol–water partition coefficient (Wildman–Crippen LogP) is 6.53. The number of hydrogen-bond acceptors (Lipinski definition) is 5. The van der Waals surface area contributed by atoms with E-state index in [0.29, 0.717) is 36.2 Å². The third-order valence-electron chi connectivity index (χ3n) is 5.61. The molecule has 0 saturated heterocycles. The molecule has 0 amide bonds. The van der Waals surface area contributed by atoms with E-state index >= 15 is 0 Å². The second-order valence-electron chi connectivity index (χ2n) is 8.06. The molecule has 36 heavy (non-hydrogen) atoms. The lowest BCUT2D eigenvalue weighted by Crippen LogP contribution is -2.14. The largest absolute Gasteiger partial charge is 0.493 e. The van der Waals surface area contributed by atoms with E-state index < -0.39 is 12.4 Å². The van der Waals surface area contributed by atoms with Crippen LogP contribution in [-0.2, 0) is 19.6 Å². The van der Waals surface area contributed by atoms with Gasteiger partial charge >= 0.3 is 0 Å². The fourth-order valence-electron chi connectivity index (χ4n) is 3.70. The highest BCUT2D eigenvalue weighted by atomic mass is 35.5. The number of hydrogen-bond donors (Lipinski definition) is 1. The molecule has 4 rings (SSSR count). The van der Waals surface area contributed by atoms with E-state index in [1.54, 1.807) is 14.2 Å². The van der Waals surface area contributed by atoms with Gasteiger partial charge in [0, 0.05) is 7.41 Å². The summed E-state index contributed by atoms with van der Waals surface area (Å²) in [6.45, 7) is 0.802. The van der Waals surface area contributed by atoms with Crippen molar-refractivity contribution in [2.24, 2.45) is 5.73 Å². The molecular weight excluding hydrogens is 474 g/mol. The van der Waals surface area contributed by atoms with Gasteiger partial charge in [-0.2, -0.15) is 0 Å². The molecule has 0 heterocycles. The Hall–Kier alpha value is -3.67. The molecule has 0 spiro atoms. The highest BCUT2D eigenvalue weighted by Gasteiger charge is 2.14. The Labute approximate surface area is 220 Å². The highest BCUT2D eigenvalue weighted by Crippen LogP contribution is 2.33. The number of rotatable bonds is 11. The second-order valence-corrected chi connectivity index (χ2v) is 8.06. The fraction of sp³-hybridized carbons (Fsp3) is 0.200. The Kier molecular flexibility index (Phi) is 9.48. The number of methoxy groups -OCH3 is 2. The van der Waals surface area contributed by atoms with Gasteiger partial charge in [-0.25, -0.2) is 0 Å². The van der Waals surface area contributed by atoms with Gasteiger partial charge in [-0.15, -0.1) is 12.4 Å². The predicted molar refractivity (Wildman–Crippen MR) is 145 cm³/mol. The molecule has 6 heteroatoms. The van der Waals surface area contributed by atoms with E-state index in [1.807, 2.05) is 97.1 Å². The SMILES string of the molecule is Cl.[2H][C@@H](c1ccc(OC)c(OCc2ccccc2)c1)C(N)c1ccc(OC)c(OCc2ccccc2)c1. The molecule has 1 unspecified atom stereocenters. The van der Waals surface area contributed by atoms with Crippen molar-refractivity contribution in [3.05, 3.63) is 119 Å². The summed E-state index contributed by atoms with van der Waals surface area (Å²) in [6, 6.07) is 30.3. The number of halogens is 1. The van der Waals surface area contributed by atoms with Crippen LogP contribution in [0.4, 0.5) is 0 Å². The summed E-state index contributed by atoms with van der Waals surface area (Å²) in [7, 11) is 3.20. The highest BCUT2D eigenvalue weighted by molar-refractivity contribution is 5.85. The third-order valence-corrected chi connectivity index (χ3v) is 5.61. The van der Waals surface area contributed by atoms with Crippen LogP contribution >= 0.6 is 12.4 Å². The third kappa shape index (κ3) is 7.17. The van der Waals surface area contributed by atoms with Gasteiger partial charge in [0.15, 0.2) is 23.0 Å². The minimum atomic E-state index is -0.731. The molecule has 0 radical (unpaired) electrons. The summed E-state index contributed by atoms with van der Waals surface area (Å²) in [5, 5.41) is 0. The molecule has 0 aromatic heterocycles. The van der Waals surface area contributed by atoms with Crippen molar-refractivity contribution in [3.8, 4) is 23.0 Å². The number of ether oxygens (including phenoxy) is 4. The maximum absolute atomic E-state index is 8.89. The van der Waals surface area contributed by atoms with Gasteiger partial charge in [0.2, 0.25) is 0 Å². The Bertz CT molecular complexity index is 1160. The molecule has 0 aliphatic heterocycles. The molecule has 0 fully saturated rings. The minimum absolute atomic E-state index is 0. The van der Waals surface area contributed by atoms with Gasteiger partial charge in [0.05, 0.1) is 14.2 Å². The summed E-state index contributed by atoms with van der Waals surface area (Å²) in [4.78, 5) is 0. The second kappa shape index (κ2) is 13.4.